The number of ether oxygens (including phenoxy) is 1. The van der Waals surface area contributed by atoms with Gasteiger partial charge in [-0.3, -0.25) is 4.90 Å². The predicted molar refractivity (Wildman–Crippen MR) is 112 cm³/mol. The quantitative estimate of drug-likeness (QED) is 0.616. The summed E-state index contributed by atoms with van der Waals surface area (Å²) in [6.45, 7) is 8.06. The first-order chi connectivity index (χ1) is 14.3. The van der Waals surface area contributed by atoms with E-state index in [1.807, 2.05) is 35.0 Å². The number of piperazine rings is 1. The van der Waals surface area contributed by atoms with Gasteiger partial charge in [0.15, 0.2) is 5.82 Å². The number of tetrazole rings is 1. The highest BCUT2D eigenvalue weighted by Gasteiger charge is 2.30. The van der Waals surface area contributed by atoms with E-state index in [4.69, 9.17) is 4.74 Å². The molecule has 1 unspecified atom stereocenters. The molecule has 7 heteroatoms. The number of rotatable bonds is 7. The first-order valence-corrected chi connectivity index (χ1v) is 10.2. The normalized spacial score (nSPS) is 16.6. The van der Waals surface area contributed by atoms with Gasteiger partial charge < -0.3 is 9.64 Å². The maximum atomic E-state index is 5.35. The molecule has 0 bridgehead atoms. The van der Waals surface area contributed by atoms with E-state index in [1.165, 1.54) is 11.1 Å². The van der Waals surface area contributed by atoms with Gasteiger partial charge in [-0.15, -0.1) is 5.10 Å². The van der Waals surface area contributed by atoms with E-state index < -0.39 is 0 Å². The molecule has 0 aliphatic carbocycles. The van der Waals surface area contributed by atoms with Gasteiger partial charge in [-0.25, -0.2) is 4.68 Å². The third kappa shape index (κ3) is 4.46. The van der Waals surface area contributed by atoms with Crippen molar-refractivity contribution in [3.05, 3.63) is 71.5 Å². The van der Waals surface area contributed by atoms with Crippen molar-refractivity contribution >= 4 is 0 Å². The zero-order valence-electron chi connectivity index (χ0n) is 17.1. The van der Waals surface area contributed by atoms with E-state index in [0.29, 0.717) is 6.54 Å². The van der Waals surface area contributed by atoms with Crippen molar-refractivity contribution in [1.82, 2.24) is 30.0 Å². The molecule has 1 atom stereocenters. The highest BCUT2D eigenvalue weighted by molar-refractivity contribution is 5.32. The Bertz CT molecular complexity index is 887. The van der Waals surface area contributed by atoms with Gasteiger partial charge in [0.1, 0.15) is 5.75 Å². The van der Waals surface area contributed by atoms with Crippen molar-refractivity contribution in [2.24, 2.45) is 0 Å². The molecule has 29 heavy (non-hydrogen) atoms. The molecule has 1 fully saturated rings. The van der Waals surface area contributed by atoms with E-state index in [9.17, 15) is 0 Å². The number of methoxy groups -OCH3 is 1. The van der Waals surface area contributed by atoms with Crippen molar-refractivity contribution in [3.63, 3.8) is 0 Å². The summed E-state index contributed by atoms with van der Waals surface area (Å²) < 4.78 is 7.28. The molecule has 0 spiro atoms. The standard InChI is InChI=1S/C22H28N6O/c1-3-26-13-15-27(16-14-26)21(19-9-11-20(29-2)12-10-19)22-23-24-25-28(22)17-18-7-5-4-6-8-18/h4-12,21H,3,13-17H2,1-2H3. The fraction of sp³-hybridized carbons (Fsp3) is 0.409. The summed E-state index contributed by atoms with van der Waals surface area (Å²) in [6, 6.07) is 18.6. The lowest BCUT2D eigenvalue weighted by atomic mass is 10.0. The van der Waals surface area contributed by atoms with Crippen LogP contribution in [0.2, 0.25) is 0 Å². The average Bonchev–Trinajstić information content (AvgIpc) is 3.23. The number of hydrogen-bond acceptors (Lipinski definition) is 6. The van der Waals surface area contributed by atoms with Crippen molar-refractivity contribution < 1.29 is 4.74 Å². The van der Waals surface area contributed by atoms with Gasteiger partial charge in [-0.2, -0.15) is 0 Å². The summed E-state index contributed by atoms with van der Waals surface area (Å²) in [5.74, 6) is 1.73. The minimum atomic E-state index is 0.0126. The van der Waals surface area contributed by atoms with E-state index in [1.54, 1.807) is 7.11 Å². The smallest absolute Gasteiger partial charge is 0.173 e. The van der Waals surface area contributed by atoms with E-state index in [0.717, 1.165) is 44.3 Å². The van der Waals surface area contributed by atoms with Crippen LogP contribution < -0.4 is 4.74 Å². The van der Waals surface area contributed by atoms with Crippen molar-refractivity contribution in [2.75, 3.05) is 39.8 Å². The molecular formula is C22H28N6O. The lowest BCUT2D eigenvalue weighted by Crippen LogP contribution is -2.48. The lowest BCUT2D eigenvalue weighted by molar-refractivity contribution is 0.108. The molecule has 152 valence electrons. The van der Waals surface area contributed by atoms with Crippen LogP contribution in [0.3, 0.4) is 0 Å². The SMILES string of the molecule is CCN1CCN(C(c2ccc(OC)cc2)c2nnnn2Cc2ccccc2)CC1. The maximum Gasteiger partial charge on any atom is 0.173 e. The second kappa shape index (κ2) is 9.15. The minimum Gasteiger partial charge on any atom is -0.497 e. The summed E-state index contributed by atoms with van der Waals surface area (Å²) in [6.07, 6.45) is 0. The van der Waals surface area contributed by atoms with Gasteiger partial charge in [-0.05, 0) is 40.2 Å². The molecule has 3 aromatic rings. The van der Waals surface area contributed by atoms with Crippen molar-refractivity contribution in [2.45, 2.75) is 19.5 Å². The fourth-order valence-corrected chi connectivity index (χ4v) is 3.92. The highest BCUT2D eigenvalue weighted by atomic mass is 16.5. The summed E-state index contributed by atoms with van der Waals surface area (Å²) in [7, 11) is 1.69. The summed E-state index contributed by atoms with van der Waals surface area (Å²) in [5, 5.41) is 12.8. The number of benzene rings is 2. The van der Waals surface area contributed by atoms with Gasteiger partial charge in [0.25, 0.3) is 0 Å². The van der Waals surface area contributed by atoms with Gasteiger partial charge >= 0.3 is 0 Å². The molecule has 7 nitrogen and oxygen atoms in total. The Kier molecular flexibility index (Phi) is 6.17. The van der Waals surface area contributed by atoms with Crippen molar-refractivity contribution in [3.8, 4) is 5.75 Å². The van der Waals surface area contributed by atoms with Crippen LogP contribution in [0.1, 0.15) is 29.9 Å². The van der Waals surface area contributed by atoms with Crippen LogP contribution >= 0.6 is 0 Å². The Morgan fingerprint density at radius 2 is 1.69 bits per heavy atom. The molecule has 0 saturated carbocycles. The van der Waals surface area contributed by atoms with Crippen LogP contribution in [0.4, 0.5) is 0 Å². The molecule has 2 heterocycles. The number of likely N-dealkylation sites (N-methyl/N-ethyl adjacent to an activating group) is 1. The Hall–Kier alpha value is -2.77. The van der Waals surface area contributed by atoms with Gasteiger partial charge in [0.2, 0.25) is 0 Å². The van der Waals surface area contributed by atoms with E-state index >= 15 is 0 Å². The van der Waals surface area contributed by atoms with Crippen LogP contribution in [-0.4, -0.2) is 69.8 Å². The summed E-state index contributed by atoms with van der Waals surface area (Å²) in [5.41, 5.74) is 2.37. The van der Waals surface area contributed by atoms with Crippen molar-refractivity contribution in [1.29, 1.82) is 0 Å². The molecule has 0 radical (unpaired) electrons. The fourth-order valence-electron chi connectivity index (χ4n) is 3.92. The Morgan fingerprint density at radius 3 is 2.34 bits per heavy atom. The maximum absolute atomic E-state index is 5.35. The molecule has 2 aromatic carbocycles. The number of aromatic nitrogens is 4. The van der Waals surface area contributed by atoms with Crippen LogP contribution in [0.25, 0.3) is 0 Å². The minimum absolute atomic E-state index is 0.0126. The monoisotopic (exact) mass is 392 g/mol. The molecule has 1 saturated heterocycles. The second-order valence-electron chi connectivity index (χ2n) is 7.33. The first-order valence-electron chi connectivity index (χ1n) is 10.2. The Balaban J connectivity index is 1.66. The van der Waals surface area contributed by atoms with Crippen LogP contribution in [0.15, 0.2) is 54.6 Å². The third-order valence-corrected chi connectivity index (χ3v) is 5.63. The zero-order chi connectivity index (χ0) is 20.1. The molecule has 0 N–H and O–H groups in total. The van der Waals surface area contributed by atoms with E-state index in [-0.39, 0.29) is 6.04 Å². The molecule has 1 aliphatic heterocycles. The molecule has 1 aromatic heterocycles. The van der Waals surface area contributed by atoms with E-state index in [2.05, 4.69) is 56.5 Å². The lowest BCUT2D eigenvalue weighted by Gasteiger charge is -2.38. The Labute approximate surface area is 171 Å². The second-order valence-corrected chi connectivity index (χ2v) is 7.33. The highest BCUT2D eigenvalue weighted by Crippen LogP contribution is 2.29. The molecule has 1 aliphatic rings. The summed E-state index contributed by atoms with van der Waals surface area (Å²) >= 11 is 0. The zero-order valence-corrected chi connectivity index (χ0v) is 17.1. The van der Waals surface area contributed by atoms with Crippen LogP contribution in [0.5, 0.6) is 5.75 Å². The summed E-state index contributed by atoms with van der Waals surface area (Å²) in [4.78, 5) is 4.97. The van der Waals surface area contributed by atoms with Gasteiger partial charge in [-0.1, -0.05) is 49.4 Å². The average molecular weight is 393 g/mol. The third-order valence-electron chi connectivity index (χ3n) is 5.63. The molecule has 4 rings (SSSR count). The predicted octanol–water partition coefficient (Wildman–Crippen LogP) is 2.46. The number of nitrogens with zero attached hydrogens (tertiary/aromatic N) is 6. The van der Waals surface area contributed by atoms with Crippen LogP contribution in [0, 0.1) is 0 Å². The molecular weight excluding hydrogens is 364 g/mol. The largest absolute Gasteiger partial charge is 0.497 e. The topological polar surface area (TPSA) is 59.3 Å². The van der Waals surface area contributed by atoms with Crippen LogP contribution in [-0.2, 0) is 6.54 Å². The number of hydrogen-bond donors (Lipinski definition) is 0. The first kappa shape index (κ1) is 19.5. The van der Waals surface area contributed by atoms with Gasteiger partial charge in [0, 0.05) is 26.2 Å². The Morgan fingerprint density at radius 1 is 0.966 bits per heavy atom. The molecule has 0 amide bonds. The van der Waals surface area contributed by atoms with Gasteiger partial charge in [0.05, 0.1) is 19.7 Å².